The lowest BCUT2D eigenvalue weighted by atomic mass is 10.0. The number of sulfone groups is 1. The summed E-state index contributed by atoms with van der Waals surface area (Å²) in [7, 11) is -3.47. The molecule has 20 heavy (non-hydrogen) atoms. The molecule has 4 nitrogen and oxygen atoms in total. The van der Waals surface area contributed by atoms with Crippen LogP contribution in [0.2, 0.25) is 5.02 Å². The van der Waals surface area contributed by atoms with Gasteiger partial charge in [0.25, 0.3) is 0 Å². The monoisotopic (exact) mass is 318 g/mol. The van der Waals surface area contributed by atoms with Crippen LogP contribution in [0.25, 0.3) is 0 Å². The third kappa shape index (κ3) is 4.49. The number of benzene rings is 1. The molecule has 0 amide bonds. The van der Waals surface area contributed by atoms with Crippen molar-refractivity contribution >= 4 is 27.4 Å². The number of hydrogen-bond donors (Lipinski definition) is 1. The van der Waals surface area contributed by atoms with Gasteiger partial charge in [0, 0.05) is 6.26 Å². The Bertz CT molecular complexity index is 593. The number of aryl methyl sites for hydroxylation is 1. The first kappa shape index (κ1) is 17.0. The topological polar surface area (TPSA) is 71.4 Å². The van der Waals surface area contributed by atoms with Gasteiger partial charge in [-0.3, -0.25) is 0 Å². The van der Waals surface area contributed by atoms with Crippen molar-refractivity contribution in [3.63, 3.8) is 0 Å². The number of halogens is 1. The Kier molecular flexibility index (Phi) is 6.02. The standard InChI is InChI=1S/C14H19ClO4S/c1-3-4-5-6-7-10-8-12(15)11(14(16)17)9-13(10)20(2,18)19/h8-9H,3-7H2,1-2H3,(H,16,17). The van der Waals surface area contributed by atoms with Crippen molar-refractivity contribution in [1.82, 2.24) is 0 Å². The number of rotatable bonds is 7. The van der Waals surface area contributed by atoms with E-state index in [0.29, 0.717) is 12.0 Å². The predicted molar refractivity (Wildman–Crippen MR) is 79.4 cm³/mol. The summed E-state index contributed by atoms with van der Waals surface area (Å²) in [6.45, 7) is 2.10. The smallest absolute Gasteiger partial charge is 0.337 e. The van der Waals surface area contributed by atoms with Gasteiger partial charge in [0.15, 0.2) is 9.84 Å². The molecule has 0 heterocycles. The first-order valence-corrected chi connectivity index (χ1v) is 8.80. The normalized spacial score (nSPS) is 11.6. The summed E-state index contributed by atoms with van der Waals surface area (Å²) in [6.07, 6.45) is 5.73. The van der Waals surface area contributed by atoms with E-state index in [9.17, 15) is 13.2 Å². The SMILES string of the molecule is CCCCCCc1cc(Cl)c(C(=O)O)cc1S(C)(=O)=O. The zero-order valence-electron chi connectivity index (χ0n) is 11.6. The van der Waals surface area contributed by atoms with Crippen molar-refractivity contribution in [2.24, 2.45) is 0 Å². The van der Waals surface area contributed by atoms with E-state index in [0.717, 1.165) is 38.0 Å². The van der Waals surface area contributed by atoms with Gasteiger partial charge in [-0.2, -0.15) is 0 Å². The fourth-order valence-electron chi connectivity index (χ4n) is 2.04. The lowest BCUT2D eigenvalue weighted by molar-refractivity contribution is 0.0697. The third-order valence-electron chi connectivity index (χ3n) is 3.08. The second-order valence-electron chi connectivity index (χ2n) is 4.83. The molecule has 0 aliphatic carbocycles. The molecule has 1 N–H and O–H groups in total. The van der Waals surface area contributed by atoms with E-state index in [1.165, 1.54) is 6.07 Å². The van der Waals surface area contributed by atoms with E-state index in [4.69, 9.17) is 16.7 Å². The Morgan fingerprint density at radius 1 is 1.25 bits per heavy atom. The van der Waals surface area contributed by atoms with Gasteiger partial charge in [-0.15, -0.1) is 0 Å². The molecule has 0 unspecified atom stereocenters. The molecule has 112 valence electrons. The van der Waals surface area contributed by atoms with Crippen LogP contribution in [-0.4, -0.2) is 25.7 Å². The zero-order chi connectivity index (χ0) is 15.3. The number of unbranched alkanes of at least 4 members (excludes halogenated alkanes) is 3. The van der Waals surface area contributed by atoms with Gasteiger partial charge in [-0.05, 0) is 30.5 Å². The Morgan fingerprint density at radius 2 is 1.90 bits per heavy atom. The fourth-order valence-corrected chi connectivity index (χ4v) is 3.28. The van der Waals surface area contributed by atoms with Crippen molar-refractivity contribution in [1.29, 1.82) is 0 Å². The van der Waals surface area contributed by atoms with E-state index in [1.54, 1.807) is 0 Å². The summed E-state index contributed by atoms with van der Waals surface area (Å²) in [5, 5.41) is 9.09. The fraction of sp³-hybridized carbons (Fsp3) is 0.500. The molecule has 1 aromatic rings. The highest BCUT2D eigenvalue weighted by Gasteiger charge is 2.19. The molecular weight excluding hydrogens is 300 g/mol. The highest BCUT2D eigenvalue weighted by Crippen LogP contribution is 2.26. The summed E-state index contributed by atoms with van der Waals surface area (Å²) in [6, 6.07) is 2.63. The highest BCUT2D eigenvalue weighted by molar-refractivity contribution is 7.90. The van der Waals surface area contributed by atoms with Crippen LogP contribution < -0.4 is 0 Å². The lowest BCUT2D eigenvalue weighted by Gasteiger charge is -2.11. The molecule has 0 saturated heterocycles. The zero-order valence-corrected chi connectivity index (χ0v) is 13.2. The second-order valence-corrected chi connectivity index (χ2v) is 7.22. The summed E-state index contributed by atoms with van der Waals surface area (Å²) in [5.41, 5.74) is 0.419. The average molecular weight is 319 g/mol. The second kappa shape index (κ2) is 7.09. The van der Waals surface area contributed by atoms with Crippen molar-refractivity contribution in [3.8, 4) is 0 Å². The van der Waals surface area contributed by atoms with E-state index in [2.05, 4.69) is 6.92 Å². The van der Waals surface area contributed by atoms with Crippen LogP contribution in [-0.2, 0) is 16.3 Å². The minimum Gasteiger partial charge on any atom is -0.478 e. The maximum Gasteiger partial charge on any atom is 0.337 e. The van der Waals surface area contributed by atoms with Gasteiger partial charge >= 0.3 is 5.97 Å². The molecule has 1 rings (SSSR count). The van der Waals surface area contributed by atoms with Crippen LogP contribution in [0.3, 0.4) is 0 Å². The van der Waals surface area contributed by atoms with Gasteiger partial charge in [0.1, 0.15) is 0 Å². The van der Waals surface area contributed by atoms with E-state index >= 15 is 0 Å². The highest BCUT2D eigenvalue weighted by atomic mass is 35.5. The van der Waals surface area contributed by atoms with Crippen molar-refractivity contribution in [3.05, 3.63) is 28.3 Å². The van der Waals surface area contributed by atoms with Crippen LogP contribution in [0.5, 0.6) is 0 Å². The summed E-state index contributed by atoms with van der Waals surface area (Å²) in [5.74, 6) is -1.22. The molecular formula is C14H19ClO4S. The lowest BCUT2D eigenvalue weighted by Crippen LogP contribution is -2.07. The predicted octanol–water partition coefficient (Wildman–Crippen LogP) is 3.56. The van der Waals surface area contributed by atoms with Crippen molar-refractivity contribution in [2.45, 2.75) is 43.9 Å². The molecule has 0 saturated carbocycles. The van der Waals surface area contributed by atoms with Crippen molar-refractivity contribution < 1.29 is 18.3 Å². The van der Waals surface area contributed by atoms with Crippen LogP contribution >= 0.6 is 11.6 Å². The Labute approximate surface area is 124 Å². The minimum atomic E-state index is -3.47. The number of carbonyl (C=O) groups is 1. The first-order chi connectivity index (χ1) is 9.27. The van der Waals surface area contributed by atoms with Crippen LogP contribution in [0.1, 0.15) is 48.5 Å². The van der Waals surface area contributed by atoms with Gasteiger partial charge in [0.2, 0.25) is 0 Å². The minimum absolute atomic E-state index is 0.0656. The molecule has 0 aliphatic heterocycles. The van der Waals surface area contributed by atoms with Crippen LogP contribution in [0.4, 0.5) is 0 Å². The maximum absolute atomic E-state index is 11.8. The van der Waals surface area contributed by atoms with Crippen molar-refractivity contribution in [2.75, 3.05) is 6.26 Å². The number of carboxylic acids is 1. The maximum atomic E-state index is 11.8. The van der Waals surface area contributed by atoms with Gasteiger partial charge in [-0.1, -0.05) is 37.8 Å². The van der Waals surface area contributed by atoms with Crippen LogP contribution in [0.15, 0.2) is 17.0 Å². The number of hydrogen-bond acceptors (Lipinski definition) is 3. The summed E-state index contributed by atoms with van der Waals surface area (Å²) < 4.78 is 23.6. The van der Waals surface area contributed by atoms with E-state index in [1.807, 2.05) is 0 Å². The average Bonchev–Trinajstić information content (AvgIpc) is 2.32. The molecule has 6 heteroatoms. The largest absolute Gasteiger partial charge is 0.478 e. The Balaban J connectivity index is 3.15. The Morgan fingerprint density at radius 3 is 2.40 bits per heavy atom. The van der Waals surface area contributed by atoms with E-state index in [-0.39, 0.29) is 15.5 Å². The third-order valence-corrected chi connectivity index (χ3v) is 4.57. The Hall–Kier alpha value is -1.07. The molecule has 0 atom stereocenters. The molecule has 1 aromatic carbocycles. The molecule has 0 bridgehead atoms. The summed E-state index contributed by atoms with van der Waals surface area (Å²) in [4.78, 5) is 11.1. The van der Waals surface area contributed by atoms with Gasteiger partial charge in [0.05, 0.1) is 15.5 Å². The molecule has 0 fully saturated rings. The summed E-state index contributed by atoms with van der Waals surface area (Å²) >= 11 is 5.91. The first-order valence-electron chi connectivity index (χ1n) is 6.53. The molecule has 0 spiro atoms. The molecule has 0 aromatic heterocycles. The number of carboxylic acid groups (broad SMARTS) is 1. The van der Waals surface area contributed by atoms with Gasteiger partial charge < -0.3 is 5.11 Å². The molecule has 0 aliphatic rings. The van der Waals surface area contributed by atoms with Crippen LogP contribution in [0, 0.1) is 0 Å². The van der Waals surface area contributed by atoms with E-state index < -0.39 is 15.8 Å². The van der Waals surface area contributed by atoms with Gasteiger partial charge in [-0.25, -0.2) is 13.2 Å². The number of aromatic carboxylic acids is 1. The quantitative estimate of drug-likeness (QED) is 0.780. The molecule has 0 radical (unpaired) electrons.